The topological polar surface area (TPSA) is 80.5 Å². The molecule has 1 aliphatic heterocycles. The molecule has 0 radical (unpaired) electrons. The first-order chi connectivity index (χ1) is 14.7. The molecule has 3 aromatic rings. The van der Waals surface area contributed by atoms with Gasteiger partial charge in [0, 0.05) is 26.2 Å². The second-order valence-electron chi connectivity index (χ2n) is 7.32. The number of nitrogens with two attached hydrogens (primary N) is 1. The number of para-hydroxylation sites is 1. The van der Waals surface area contributed by atoms with Gasteiger partial charge in [0.25, 0.3) is 5.91 Å². The van der Waals surface area contributed by atoms with Crippen LogP contribution in [-0.4, -0.2) is 37.1 Å². The number of aryl methyl sites for hydroxylation is 2. The van der Waals surface area contributed by atoms with E-state index < -0.39 is 5.91 Å². The fourth-order valence-electron chi connectivity index (χ4n) is 3.59. The van der Waals surface area contributed by atoms with Crippen LogP contribution in [0.25, 0.3) is 0 Å². The predicted molar refractivity (Wildman–Crippen MR) is 118 cm³/mol. The van der Waals surface area contributed by atoms with Crippen LogP contribution in [0, 0.1) is 0 Å². The first kappa shape index (κ1) is 19.9. The monoisotopic (exact) mass is 402 g/mol. The van der Waals surface area contributed by atoms with E-state index in [0.717, 1.165) is 61.2 Å². The Labute approximate surface area is 176 Å². The van der Waals surface area contributed by atoms with Crippen LogP contribution in [0.5, 0.6) is 11.5 Å². The molecule has 4 rings (SSSR count). The highest BCUT2D eigenvalue weighted by Crippen LogP contribution is 2.22. The minimum absolute atomic E-state index is 0.434. The molecule has 1 fully saturated rings. The van der Waals surface area contributed by atoms with Crippen molar-refractivity contribution in [1.82, 2.24) is 10.3 Å². The number of hydrogen-bond acceptors (Lipinski definition) is 5. The average Bonchev–Trinajstić information content (AvgIpc) is 2.79. The Morgan fingerprint density at radius 2 is 1.63 bits per heavy atom. The van der Waals surface area contributed by atoms with Crippen LogP contribution in [0.2, 0.25) is 0 Å². The summed E-state index contributed by atoms with van der Waals surface area (Å²) in [6, 6.07) is 21.4. The maximum atomic E-state index is 11.9. The highest BCUT2D eigenvalue weighted by Gasteiger charge is 2.16. The molecule has 1 saturated heterocycles. The summed E-state index contributed by atoms with van der Waals surface area (Å²) in [5.41, 5.74) is 7.99. The molecule has 0 aliphatic carbocycles. The second kappa shape index (κ2) is 9.41. The van der Waals surface area contributed by atoms with E-state index in [1.165, 1.54) is 0 Å². The van der Waals surface area contributed by atoms with Crippen molar-refractivity contribution in [2.45, 2.75) is 12.8 Å². The molecule has 0 unspecified atom stereocenters. The second-order valence-corrected chi connectivity index (χ2v) is 7.32. The molecule has 0 bridgehead atoms. The standard InChI is InChI=1S/C24H26N4O2/c25-24(29)21-11-13-23(28-16-14-26-15-17-28)27-22(21)12-8-18-6-9-20(10-7-18)30-19-4-2-1-3-5-19/h1-7,9-11,13,26H,8,12,14-17H2,(H2,25,29). The van der Waals surface area contributed by atoms with E-state index in [9.17, 15) is 4.79 Å². The van der Waals surface area contributed by atoms with Crippen LogP contribution >= 0.6 is 0 Å². The maximum absolute atomic E-state index is 11.9. The molecule has 0 saturated carbocycles. The number of carbonyl (C=O) groups excluding carboxylic acids is 1. The van der Waals surface area contributed by atoms with Crippen molar-refractivity contribution in [1.29, 1.82) is 0 Å². The minimum atomic E-state index is -0.434. The van der Waals surface area contributed by atoms with Crippen molar-refractivity contribution in [3.63, 3.8) is 0 Å². The lowest BCUT2D eigenvalue weighted by molar-refractivity contribution is 0.0999. The fourth-order valence-corrected chi connectivity index (χ4v) is 3.59. The molecule has 154 valence electrons. The number of primary amides is 1. The lowest BCUT2D eigenvalue weighted by Gasteiger charge is -2.29. The Morgan fingerprint density at radius 1 is 0.933 bits per heavy atom. The number of pyridine rings is 1. The summed E-state index contributed by atoms with van der Waals surface area (Å²) in [5, 5.41) is 3.34. The maximum Gasteiger partial charge on any atom is 0.250 e. The first-order valence-corrected chi connectivity index (χ1v) is 10.3. The van der Waals surface area contributed by atoms with Gasteiger partial charge in [-0.25, -0.2) is 4.98 Å². The Bertz CT molecular complexity index is 984. The van der Waals surface area contributed by atoms with Gasteiger partial charge in [0.2, 0.25) is 0 Å². The third-order valence-electron chi connectivity index (χ3n) is 5.22. The summed E-state index contributed by atoms with van der Waals surface area (Å²) in [5.74, 6) is 2.07. The number of hydrogen-bond donors (Lipinski definition) is 2. The number of piperazine rings is 1. The number of nitrogens with zero attached hydrogens (tertiary/aromatic N) is 2. The minimum Gasteiger partial charge on any atom is -0.457 e. The molecule has 1 aromatic heterocycles. The summed E-state index contributed by atoms with van der Waals surface area (Å²) < 4.78 is 5.85. The van der Waals surface area contributed by atoms with Gasteiger partial charge in [-0.05, 0) is 54.8 Å². The van der Waals surface area contributed by atoms with Gasteiger partial charge in [-0.3, -0.25) is 4.79 Å². The third-order valence-corrected chi connectivity index (χ3v) is 5.22. The molecular formula is C24H26N4O2. The summed E-state index contributed by atoms with van der Waals surface area (Å²) in [6.07, 6.45) is 1.42. The van der Waals surface area contributed by atoms with Crippen molar-refractivity contribution in [3.05, 3.63) is 83.6 Å². The number of anilines is 1. The molecule has 0 atom stereocenters. The molecule has 6 heteroatoms. The summed E-state index contributed by atoms with van der Waals surface area (Å²) in [4.78, 5) is 18.9. The van der Waals surface area contributed by atoms with Crippen LogP contribution in [0.15, 0.2) is 66.7 Å². The van der Waals surface area contributed by atoms with Crippen LogP contribution < -0.4 is 20.7 Å². The molecule has 2 heterocycles. The average molecular weight is 402 g/mol. The molecule has 1 aliphatic rings. The molecule has 30 heavy (non-hydrogen) atoms. The van der Waals surface area contributed by atoms with E-state index in [-0.39, 0.29) is 0 Å². The quantitative estimate of drug-likeness (QED) is 0.635. The van der Waals surface area contributed by atoms with Gasteiger partial charge in [0.15, 0.2) is 0 Å². The SMILES string of the molecule is NC(=O)c1ccc(N2CCNCC2)nc1CCc1ccc(Oc2ccccc2)cc1. The van der Waals surface area contributed by atoms with Crippen LogP contribution in [0.1, 0.15) is 21.6 Å². The van der Waals surface area contributed by atoms with E-state index >= 15 is 0 Å². The van der Waals surface area contributed by atoms with Gasteiger partial charge < -0.3 is 20.7 Å². The third kappa shape index (κ3) is 4.96. The van der Waals surface area contributed by atoms with Crippen LogP contribution in [-0.2, 0) is 12.8 Å². The van der Waals surface area contributed by atoms with Gasteiger partial charge in [-0.2, -0.15) is 0 Å². The Hall–Kier alpha value is -3.38. The lowest BCUT2D eigenvalue weighted by atomic mass is 10.0. The van der Waals surface area contributed by atoms with E-state index in [1.807, 2.05) is 60.7 Å². The van der Waals surface area contributed by atoms with E-state index in [1.54, 1.807) is 6.07 Å². The highest BCUT2D eigenvalue weighted by molar-refractivity contribution is 5.94. The smallest absolute Gasteiger partial charge is 0.250 e. The summed E-state index contributed by atoms with van der Waals surface area (Å²) >= 11 is 0. The van der Waals surface area contributed by atoms with Gasteiger partial charge in [-0.1, -0.05) is 30.3 Å². The zero-order valence-electron chi connectivity index (χ0n) is 16.9. The Balaban J connectivity index is 1.44. The summed E-state index contributed by atoms with van der Waals surface area (Å²) in [6.45, 7) is 3.69. The molecule has 1 amide bonds. The number of benzene rings is 2. The fraction of sp³-hybridized carbons (Fsp3) is 0.250. The van der Waals surface area contributed by atoms with Crippen LogP contribution in [0.3, 0.4) is 0 Å². The van der Waals surface area contributed by atoms with E-state index in [2.05, 4.69) is 10.2 Å². The number of nitrogens with one attached hydrogen (secondary N) is 1. The number of ether oxygens (including phenoxy) is 1. The predicted octanol–water partition coefficient (Wildman–Crippen LogP) is 3.17. The molecular weight excluding hydrogens is 376 g/mol. The van der Waals surface area contributed by atoms with Gasteiger partial charge >= 0.3 is 0 Å². The molecule has 2 aromatic carbocycles. The molecule has 3 N–H and O–H groups in total. The van der Waals surface area contributed by atoms with E-state index in [0.29, 0.717) is 12.0 Å². The van der Waals surface area contributed by atoms with Gasteiger partial charge in [0.1, 0.15) is 17.3 Å². The summed E-state index contributed by atoms with van der Waals surface area (Å²) in [7, 11) is 0. The van der Waals surface area contributed by atoms with Crippen molar-refractivity contribution < 1.29 is 9.53 Å². The largest absolute Gasteiger partial charge is 0.457 e. The Kier molecular flexibility index (Phi) is 6.25. The Morgan fingerprint density at radius 3 is 2.33 bits per heavy atom. The van der Waals surface area contributed by atoms with Crippen molar-refractivity contribution in [2.75, 3.05) is 31.1 Å². The normalized spacial score (nSPS) is 13.8. The van der Waals surface area contributed by atoms with Crippen molar-refractivity contribution in [3.8, 4) is 11.5 Å². The van der Waals surface area contributed by atoms with E-state index in [4.69, 9.17) is 15.5 Å². The van der Waals surface area contributed by atoms with Gasteiger partial charge in [-0.15, -0.1) is 0 Å². The van der Waals surface area contributed by atoms with Crippen molar-refractivity contribution in [2.24, 2.45) is 5.73 Å². The number of carbonyl (C=O) groups is 1. The lowest BCUT2D eigenvalue weighted by Crippen LogP contribution is -2.44. The number of aromatic nitrogens is 1. The first-order valence-electron chi connectivity index (χ1n) is 10.3. The molecule has 0 spiro atoms. The zero-order chi connectivity index (χ0) is 20.8. The van der Waals surface area contributed by atoms with Gasteiger partial charge in [0.05, 0.1) is 11.3 Å². The zero-order valence-corrected chi connectivity index (χ0v) is 16.9. The number of rotatable bonds is 7. The number of amides is 1. The highest BCUT2D eigenvalue weighted by atomic mass is 16.5. The van der Waals surface area contributed by atoms with Crippen LogP contribution in [0.4, 0.5) is 5.82 Å². The van der Waals surface area contributed by atoms with Crippen molar-refractivity contribution >= 4 is 11.7 Å². The molecule has 6 nitrogen and oxygen atoms in total.